The van der Waals surface area contributed by atoms with Gasteiger partial charge in [-0.1, -0.05) is 11.8 Å². The molecule has 104 valence electrons. The predicted octanol–water partition coefficient (Wildman–Crippen LogP) is 2.30. The van der Waals surface area contributed by atoms with Crippen molar-refractivity contribution >= 4 is 34.8 Å². The molecule has 0 aliphatic carbocycles. The summed E-state index contributed by atoms with van der Waals surface area (Å²) in [4.78, 5) is 29.4. The Bertz CT molecular complexity index is 673. The Labute approximate surface area is 120 Å². The number of carboxylic acid groups (broad SMARTS) is 1. The molecule has 2 heterocycles. The molecule has 8 nitrogen and oxygen atoms in total. The number of nitrogens with zero attached hydrogens (tertiary/aromatic N) is 3. The fourth-order valence-electron chi connectivity index (χ4n) is 1.32. The van der Waals surface area contributed by atoms with Crippen molar-refractivity contribution in [1.82, 2.24) is 9.97 Å². The van der Waals surface area contributed by atoms with Crippen LogP contribution in [-0.2, 0) is 0 Å². The highest BCUT2D eigenvalue weighted by molar-refractivity contribution is 7.99. The summed E-state index contributed by atoms with van der Waals surface area (Å²) in [5.41, 5.74) is -0.344. The second-order valence-electron chi connectivity index (χ2n) is 3.35. The second-order valence-corrected chi connectivity index (χ2v) is 5.32. The zero-order chi connectivity index (χ0) is 14.7. The van der Waals surface area contributed by atoms with E-state index in [1.807, 2.05) is 0 Å². The van der Waals surface area contributed by atoms with Crippen LogP contribution in [0.15, 0.2) is 27.7 Å². The van der Waals surface area contributed by atoms with Gasteiger partial charge >= 0.3 is 11.7 Å². The lowest BCUT2D eigenvalue weighted by atomic mass is 10.5. The summed E-state index contributed by atoms with van der Waals surface area (Å²) in [7, 11) is 1.27. The first-order valence-electron chi connectivity index (χ1n) is 5.06. The lowest BCUT2D eigenvalue weighted by Crippen LogP contribution is -1.99. The van der Waals surface area contributed by atoms with Crippen LogP contribution in [0.25, 0.3) is 0 Å². The van der Waals surface area contributed by atoms with Crippen LogP contribution in [0.1, 0.15) is 9.67 Å². The first-order chi connectivity index (χ1) is 9.52. The Kier molecular flexibility index (Phi) is 4.15. The third kappa shape index (κ3) is 2.86. The van der Waals surface area contributed by atoms with E-state index < -0.39 is 10.9 Å². The van der Waals surface area contributed by atoms with Crippen molar-refractivity contribution < 1.29 is 19.6 Å². The van der Waals surface area contributed by atoms with Gasteiger partial charge in [0.1, 0.15) is 11.2 Å². The molecule has 0 saturated carbocycles. The Balaban J connectivity index is 2.37. The van der Waals surface area contributed by atoms with Crippen molar-refractivity contribution in [3.63, 3.8) is 0 Å². The minimum Gasteiger partial charge on any atom is -0.477 e. The zero-order valence-electron chi connectivity index (χ0n) is 9.97. The normalized spacial score (nSPS) is 10.2. The van der Waals surface area contributed by atoms with Crippen LogP contribution in [0.3, 0.4) is 0 Å². The Hall–Kier alpha value is -2.20. The van der Waals surface area contributed by atoms with Gasteiger partial charge < -0.3 is 9.84 Å². The van der Waals surface area contributed by atoms with Gasteiger partial charge in [0.25, 0.3) is 5.88 Å². The molecule has 2 aromatic rings. The summed E-state index contributed by atoms with van der Waals surface area (Å²) < 4.78 is 4.83. The van der Waals surface area contributed by atoms with Gasteiger partial charge in [-0.25, -0.2) is 9.78 Å². The van der Waals surface area contributed by atoms with Gasteiger partial charge in [0, 0.05) is 10.3 Å². The van der Waals surface area contributed by atoms with E-state index in [0.717, 1.165) is 29.4 Å². The molecule has 0 unspecified atom stereocenters. The van der Waals surface area contributed by atoms with Crippen LogP contribution in [0.5, 0.6) is 5.88 Å². The van der Waals surface area contributed by atoms with E-state index in [1.165, 1.54) is 13.2 Å². The van der Waals surface area contributed by atoms with E-state index in [4.69, 9.17) is 9.84 Å². The first kappa shape index (κ1) is 14.2. The summed E-state index contributed by atoms with van der Waals surface area (Å²) in [5.74, 6) is -1.18. The standard InChI is InChI=1S/C10H7N3O5S2/c1-18-8-7(13(16)17)9(12-4-11-8)20-5-2-6(10(14)15)19-3-5/h2-4H,1H3,(H,14,15). The Morgan fingerprint density at radius 1 is 1.55 bits per heavy atom. The smallest absolute Gasteiger partial charge is 0.363 e. The number of rotatable bonds is 5. The van der Waals surface area contributed by atoms with E-state index >= 15 is 0 Å². The molecule has 1 N–H and O–H groups in total. The second kappa shape index (κ2) is 5.84. The van der Waals surface area contributed by atoms with E-state index in [-0.39, 0.29) is 21.5 Å². The largest absolute Gasteiger partial charge is 0.477 e. The molecule has 2 aromatic heterocycles. The number of aromatic carboxylic acids is 1. The highest BCUT2D eigenvalue weighted by atomic mass is 32.2. The number of nitro groups is 1. The van der Waals surface area contributed by atoms with Gasteiger partial charge in [0.2, 0.25) is 0 Å². The molecule has 0 aromatic carbocycles. The summed E-state index contributed by atoms with van der Waals surface area (Å²) in [6.45, 7) is 0. The van der Waals surface area contributed by atoms with E-state index in [2.05, 4.69) is 9.97 Å². The highest BCUT2D eigenvalue weighted by Crippen LogP contribution is 2.38. The van der Waals surface area contributed by atoms with Crippen molar-refractivity contribution in [3.8, 4) is 5.88 Å². The minimum absolute atomic E-state index is 0.0941. The molecule has 10 heteroatoms. The van der Waals surface area contributed by atoms with Gasteiger partial charge in [0.15, 0.2) is 5.03 Å². The monoisotopic (exact) mass is 313 g/mol. The molecular weight excluding hydrogens is 306 g/mol. The molecule has 0 aliphatic rings. The lowest BCUT2D eigenvalue weighted by molar-refractivity contribution is -0.389. The number of ether oxygens (including phenoxy) is 1. The van der Waals surface area contributed by atoms with E-state index in [0.29, 0.717) is 4.90 Å². The number of methoxy groups -OCH3 is 1. The maximum atomic E-state index is 11.0. The van der Waals surface area contributed by atoms with Crippen LogP contribution in [0.2, 0.25) is 0 Å². The van der Waals surface area contributed by atoms with Crippen molar-refractivity contribution in [2.24, 2.45) is 0 Å². The SMILES string of the molecule is COc1ncnc(Sc2csc(C(=O)O)c2)c1[N+](=O)[O-]. The van der Waals surface area contributed by atoms with Gasteiger partial charge in [-0.3, -0.25) is 10.1 Å². The van der Waals surface area contributed by atoms with Crippen LogP contribution in [0.4, 0.5) is 5.69 Å². The predicted molar refractivity (Wildman–Crippen MR) is 70.6 cm³/mol. The summed E-state index contributed by atoms with van der Waals surface area (Å²) >= 11 is 2.02. The average molecular weight is 313 g/mol. The van der Waals surface area contributed by atoms with Crippen LogP contribution >= 0.6 is 23.1 Å². The number of thiophene rings is 1. The summed E-state index contributed by atoms with van der Waals surface area (Å²) in [5, 5.41) is 21.6. The number of carbonyl (C=O) groups is 1. The fourth-order valence-corrected chi connectivity index (χ4v) is 3.10. The average Bonchev–Trinajstić information content (AvgIpc) is 2.86. The van der Waals surface area contributed by atoms with Crippen molar-refractivity contribution in [2.75, 3.05) is 7.11 Å². The lowest BCUT2D eigenvalue weighted by Gasteiger charge is -2.03. The maximum Gasteiger partial charge on any atom is 0.363 e. The number of carboxylic acids is 1. The van der Waals surface area contributed by atoms with Crippen molar-refractivity contribution in [2.45, 2.75) is 9.92 Å². The van der Waals surface area contributed by atoms with E-state index in [9.17, 15) is 14.9 Å². The topological polar surface area (TPSA) is 115 Å². The Morgan fingerprint density at radius 2 is 2.30 bits per heavy atom. The quantitative estimate of drug-likeness (QED) is 0.508. The molecule has 0 spiro atoms. The third-order valence-electron chi connectivity index (χ3n) is 2.13. The number of aromatic nitrogens is 2. The summed E-state index contributed by atoms with van der Waals surface area (Å²) in [6.07, 6.45) is 1.15. The molecule has 0 fully saturated rings. The molecule has 0 bridgehead atoms. The van der Waals surface area contributed by atoms with Crippen molar-refractivity contribution in [3.05, 3.63) is 32.8 Å². The minimum atomic E-state index is -1.04. The van der Waals surface area contributed by atoms with Crippen LogP contribution in [0, 0.1) is 10.1 Å². The van der Waals surface area contributed by atoms with Gasteiger partial charge in [0.05, 0.1) is 12.0 Å². The highest BCUT2D eigenvalue weighted by Gasteiger charge is 2.25. The van der Waals surface area contributed by atoms with Crippen LogP contribution in [-0.4, -0.2) is 33.1 Å². The molecule has 0 saturated heterocycles. The number of hydrogen-bond donors (Lipinski definition) is 1. The van der Waals surface area contributed by atoms with Gasteiger partial charge in [-0.05, 0) is 6.07 Å². The van der Waals surface area contributed by atoms with Gasteiger partial charge in [-0.2, -0.15) is 4.98 Å². The number of hydrogen-bond acceptors (Lipinski definition) is 8. The first-order valence-corrected chi connectivity index (χ1v) is 6.75. The molecule has 0 aliphatic heterocycles. The van der Waals surface area contributed by atoms with Crippen molar-refractivity contribution in [1.29, 1.82) is 0 Å². The summed E-state index contributed by atoms with van der Waals surface area (Å²) in [6, 6.07) is 1.43. The molecule has 0 atom stereocenters. The third-order valence-corrected chi connectivity index (χ3v) is 4.16. The zero-order valence-corrected chi connectivity index (χ0v) is 11.6. The molecule has 0 amide bonds. The molecular formula is C10H7N3O5S2. The molecule has 20 heavy (non-hydrogen) atoms. The molecule has 2 rings (SSSR count). The Morgan fingerprint density at radius 3 is 2.85 bits per heavy atom. The fraction of sp³-hybridized carbons (Fsp3) is 0.100. The van der Waals surface area contributed by atoms with Crippen LogP contribution < -0.4 is 4.74 Å². The molecule has 0 radical (unpaired) electrons. The van der Waals surface area contributed by atoms with E-state index in [1.54, 1.807) is 5.38 Å². The maximum absolute atomic E-state index is 11.0. The van der Waals surface area contributed by atoms with Gasteiger partial charge in [-0.15, -0.1) is 11.3 Å².